The first-order chi connectivity index (χ1) is 19.1. The van der Waals surface area contributed by atoms with E-state index in [2.05, 4.69) is 20.9 Å². The highest BCUT2D eigenvalue weighted by Crippen LogP contribution is 2.23. The van der Waals surface area contributed by atoms with Gasteiger partial charge in [-0.1, -0.05) is 18.2 Å². The van der Waals surface area contributed by atoms with Crippen molar-refractivity contribution in [2.75, 3.05) is 36.2 Å². The van der Waals surface area contributed by atoms with Crippen molar-refractivity contribution in [3.63, 3.8) is 0 Å². The van der Waals surface area contributed by atoms with E-state index in [1.54, 1.807) is 93.4 Å². The first kappa shape index (κ1) is 29.9. The molecule has 3 aromatic rings. The lowest BCUT2D eigenvalue weighted by Crippen LogP contribution is -2.35. The van der Waals surface area contributed by atoms with Crippen LogP contribution in [0.15, 0.2) is 66.9 Å². The molecule has 0 fully saturated rings. The normalized spacial score (nSPS) is 10.8. The van der Waals surface area contributed by atoms with Gasteiger partial charge >= 0.3 is 12.1 Å². The van der Waals surface area contributed by atoms with Gasteiger partial charge in [0.1, 0.15) is 17.0 Å². The van der Waals surface area contributed by atoms with Gasteiger partial charge in [0, 0.05) is 31.6 Å². The van der Waals surface area contributed by atoms with Crippen molar-refractivity contribution in [2.24, 2.45) is 0 Å². The zero-order valence-corrected chi connectivity index (χ0v) is 23.1. The summed E-state index contributed by atoms with van der Waals surface area (Å²) in [5, 5.41) is 17.5. The SMILES string of the molecule is COc1ccc(NC(=O)N(CCCO)Cc2ccc(C(=O)Nc3ccccc3NC(=O)OC(C)(C)C)nc2)cc1. The molecule has 0 bridgehead atoms. The molecule has 4 N–H and O–H groups in total. The number of ether oxygens (including phenoxy) is 2. The van der Waals surface area contributed by atoms with E-state index >= 15 is 0 Å². The van der Waals surface area contributed by atoms with Gasteiger partial charge in [-0.15, -0.1) is 0 Å². The van der Waals surface area contributed by atoms with Crippen LogP contribution in [0.1, 0.15) is 43.2 Å². The van der Waals surface area contributed by atoms with Crippen LogP contribution in [0.25, 0.3) is 0 Å². The Labute approximate surface area is 233 Å². The van der Waals surface area contributed by atoms with Gasteiger partial charge in [-0.3, -0.25) is 15.1 Å². The van der Waals surface area contributed by atoms with E-state index in [1.807, 2.05) is 0 Å². The number of urea groups is 1. The molecule has 0 atom stereocenters. The topological polar surface area (TPSA) is 142 Å². The van der Waals surface area contributed by atoms with Crippen LogP contribution in [0.2, 0.25) is 0 Å². The Hall–Kier alpha value is -4.64. The van der Waals surface area contributed by atoms with Crippen LogP contribution in [0.3, 0.4) is 0 Å². The number of aliphatic hydroxyl groups is 1. The Morgan fingerprint density at radius 1 is 0.925 bits per heavy atom. The molecule has 1 heterocycles. The molecule has 0 saturated carbocycles. The van der Waals surface area contributed by atoms with Gasteiger partial charge in [-0.05, 0) is 75.2 Å². The fourth-order valence-corrected chi connectivity index (χ4v) is 3.56. The summed E-state index contributed by atoms with van der Waals surface area (Å²) in [7, 11) is 1.57. The second-order valence-corrected chi connectivity index (χ2v) is 9.84. The maximum Gasteiger partial charge on any atom is 0.412 e. The van der Waals surface area contributed by atoms with Crippen LogP contribution in [-0.2, 0) is 11.3 Å². The molecule has 0 aliphatic carbocycles. The Morgan fingerprint density at radius 2 is 1.60 bits per heavy atom. The summed E-state index contributed by atoms with van der Waals surface area (Å²) in [5.41, 5.74) is 1.55. The minimum absolute atomic E-state index is 0.0616. The first-order valence-corrected chi connectivity index (χ1v) is 12.7. The predicted octanol–water partition coefficient (Wildman–Crippen LogP) is 5.11. The van der Waals surface area contributed by atoms with E-state index in [0.717, 1.165) is 0 Å². The van der Waals surface area contributed by atoms with Crippen LogP contribution < -0.4 is 20.7 Å². The summed E-state index contributed by atoms with van der Waals surface area (Å²) >= 11 is 0. The summed E-state index contributed by atoms with van der Waals surface area (Å²) in [6.07, 6.45) is 1.28. The summed E-state index contributed by atoms with van der Waals surface area (Å²) < 4.78 is 10.4. The van der Waals surface area contributed by atoms with Gasteiger partial charge in [-0.2, -0.15) is 0 Å². The number of carbonyl (C=O) groups is 3. The Morgan fingerprint density at radius 3 is 2.17 bits per heavy atom. The average Bonchev–Trinajstić information content (AvgIpc) is 2.91. The van der Waals surface area contributed by atoms with Crippen LogP contribution in [0.5, 0.6) is 5.75 Å². The van der Waals surface area contributed by atoms with Crippen molar-refractivity contribution in [3.05, 3.63) is 78.1 Å². The van der Waals surface area contributed by atoms with Gasteiger partial charge in [0.05, 0.1) is 18.5 Å². The number of nitrogens with zero attached hydrogens (tertiary/aromatic N) is 2. The third kappa shape index (κ3) is 9.28. The Bertz CT molecular complexity index is 1290. The van der Waals surface area contributed by atoms with Gasteiger partial charge in [0.2, 0.25) is 0 Å². The fourth-order valence-electron chi connectivity index (χ4n) is 3.56. The average molecular weight is 550 g/mol. The number of aromatic nitrogens is 1. The molecule has 3 rings (SSSR count). The molecule has 2 aromatic carbocycles. The summed E-state index contributed by atoms with van der Waals surface area (Å²) in [5.74, 6) is 0.201. The van der Waals surface area contributed by atoms with Crippen LogP contribution in [0, 0.1) is 0 Å². The highest BCUT2D eigenvalue weighted by Gasteiger charge is 2.19. The number of amides is 4. The van der Waals surface area contributed by atoms with Crippen LogP contribution in [0.4, 0.5) is 26.7 Å². The van der Waals surface area contributed by atoms with Crippen molar-refractivity contribution in [1.29, 1.82) is 0 Å². The monoisotopic (exact) mass is 549 g/mol. The number of anilines is 3. The van der Waals surface area contributed by atoms with E-state index < -0.39 is 17.6 Å². The third-order valence-electron chi connectivity index (χ3n) is 5.46. The van der Waals surface area contributed by atoms with Crippen molar-refractivity contribution in [2.45, 2.75) is 39.3 Å². The number of rotatable bonds is 10. The number of methoxy groups -OCH3 is 1. The molecule has 40 heavy (non-hydrogen) atoms. The maximum absolute atomic E-state index is 12.9. The smallest absolute Gasteiger partial charge is 0.412 e. The highest BCUT2D eigenvalue weighted by atomic mass is 16.6. The summed E-state index contributed by atoms with van der Waals surface area (Å²) in [6.45, 7) is 5.76. The molecule has 0 saturated heterocycles. The zero-order chi connectivity index (χ0) is 29.1. The maximum atomic E-state index is 12.9. The standard InChI is InChI=1S/C29H35N5O6/c1-29(2,3)40-28(38)33-24-9-6-5-8-23(24)32-26(36)25-15-10-20(18-30-25)19-34(16-7-17-35)27(37)31-21-11-13-22(39-4)14-12-21/h5-6,8-15,18,35H,7,16-17,19H2,1-4H3,(H,31,37)(H,32,36)(H,33,38). The molecular weight excluding hydrogens is 514 g/mol. The minimum atomic E-state index is -0.669. The van der Waals surface area contributed by atoms with Gasteiger partial charge < -0.3 is 30.1 Å². The first-order valence-electron chi connectivity index (χ1n) is 12.7. The quantitative estimate of drug-likeness (QED) is 0.275. The predicted molar refractivity (Wildman–Crippen MR) is 153 cm³/mol. The Balaban J connectivity index is 1.65. The second kappa shape index (κ2) is 13.9. The number of hydrogen-bond donors (Lipinski definition) is 4. The summed E-state index contributed by atoms with van der Waals surface area (Å²) in [4.78, 5) is 43.8. The van der Waals surface area contributed by atoms with E-state index in [1.165, 1.54) is 6.20 Å². The lowest BCUT2D eigenvalue weighted by atomic mass is 10.2. The number of nitrogens with one attached hydrogen (secondary N) is 3. The van der Waals surface area contributed by atoms with Crippen molar-refractivity contribution < 1.29 is 29.0 Å². The number of benzene rings is 2. The van der Waals surface area contributed by atoms with Gasteiger partial charge in [0.25, 0.3) is 5.91 Å². The number of pyridine rings is 1. The van der Waals surface area contributed by atoms with Crippen LogP contribution in [-0.4, -0.2) is 58.9 Å². The molecule has 11 heteroatoms. The number of hydrogen-bond acceptors (Lipinski definition) is 7. The molecule has 0 unspecified atom stereocenters. The number of aliphatic hydroxyl groups excluding tert-OH is 1. The Kier molecular flexibility index (Phi) is 10.4. The van der Waals surface area contributed by atoms with Crippen molar-refractivity contribution in [3.8, 4) is 5.75 Å². The molecule has 11 nitrogen and oxygen atoms in total. The molecule has 0 aliphatic heterocycles. The molecule has 1 aromatic heterocycles. The number of carbonyl (C=O) groups excluding carboxylic acids is 3. The van der Waals surface area contributed by atoms with E-state index in [0.29, 0.717) is 41.3 Å². The molecule has 0 radical (unpaired) electrons. The molecule has 0 spiro atoms. The zero-order valence-electron chi connectivity index (χ0n) is 23.1. The minimum Gasteiger partial charge on any atom is -0.497 e. The van der Waals surface area contributed by atoms with E-state index in [9.17, 15) is 19.5 Å². The largest absolute Gasteiger partial charge is 0.497 e. The highest BCUT2D eigenvalue weighted by molar-refractivity contribution is 6.05. The molecule has 4 amide bonds. The van der Waals surface area contributed by atoms with Crippen molar-refractivity contribution >= 4 is 35.1 Å². The van der Waals surface area contributed by atoms with Crippen LogP contribution >= 0.6 is 0 Å². The van der Waals surface area contributed by atoms with E-state index in [-0.39, 0.29) is 24.9 Å². The van der Waals surface area contributed by atoms with Crippen molar-refractivity contribution in [1.82, 2.24) is 9.88 Å². The van der Waals surface area contributed by atoms with Gasteiger partial charge in [-0.25, -0.2) is 9.59 Å². The van der Waals surface area contributed by atoms with Gasteiger partial charge in [0.15, 0.2) is 0 Å². The van der Waals surface area contributed by atoms with E-state index in [4.69, 9.17) is 9.47 Å². The second-order valence-electron chi connectivity index (χ2n) is 9.84. The summed E-state index contributed by atoms with van der Waals surface area (Å²) in [6, 6.07) is 16.6. The number of para-hydroxylation sites is 2. The molecule has 212 valence electrons. The molecular formula is C29H35N5O6. The lowest BCUT2D eigenvalue weighted by Gasteiger charge is -2.23. The third-order valence-corrected chi connectivity index (χ3v) is 5.46. The lowest BCUT2D eigenvalue weighted by molar-refractivity contribution is 0.0635. The fraction of sp³-hybridized carbons (Fsp3) is 0.310. The molecule has 0 aliphatic rings.